The number of nitrogens with one attached hydrogen (secondary N) is 2. The van der Waals surface area contributed by atoms with Gasteiger partial charge in [-0.3, -0.25) is 9.59 Å². The summed E-state index contributed by atoms with van der Waals surface area (Å²) in [6.07, 6.45) is 0. The third-order valence-corrected chi connectivity index (χ3v) is 5.32. The Hall–Kier alpha value is -4.72. The van der Waals surface area contributed by atoms with E-state index < -0.39 is 11.8 Å². The van der Waals surface area contributed by atoms with Gasteiger partial charge in [-0.1, -0.05) is 30.3 Å². The van der Waals surface area contributed by atoms with E-state index in [1.54, 1.807) is 54.6 Å². The number of ether oxygens (including phenoxy) is 2. The van der Waals surface area contributed by atoms with E-state index in [0.29, 0.717) is 33.7 Å². The van der Waals surface area contributed by atoms with Crippen LogP contribution in [-0.4, -0.2) is 18.6 Å². The van der Waals surface area contributed by atoms with E-state index in [9.17, 15) is 9.59 Å². The topological polar surface area (TPSA) is 103 Å². The number of rotatable bonds is 4. The van der Waals surface area contributed by atoms with Crippen LogP contribution in [0.3, 0.4) is 0 Å². The van der Waals surface area contributed by atoms with E-state index in [4.69, 9.17) is 18.3 Å². The first-order valence-electron chi connectivity index (χ1n) is 10.2. The summed E-state index contributed by atoms with van der Waals surface area (Å²) in [4.78, 5) is 26.1. The zero-order valence-electron chi connectivity index (χ0n) is 17.1. The molecule has 0 saturated carbocycles. The average molecular weight is 440 g/mol. The van der Waals surface area contributed by atoms with Gasteiger partial charge in [0.1, 0.15) is 16.9 Å². The summed E-state index contributed by atoms with van der Waals surface area (Å²) >= 11 is 0. The Kier molecular flexibility index (Phi) is 4.29. The Morgan fingerprint density at radius 3 is 2.39 bits per heavy atom. The molecule has 2 aromatic heterocycles. The second-order valence-corrected chi connectivity index (χ2v) is 7.43. The molecule has 162 valence electrons. The molecule has 1 aliphatic heterocycles. The van der Waals surface area contributed by atoms with E-state index in [1.807, 2.05) is 18.2 Å². The highest BCUT2D eigenvalue weighted by atomic mass is 16.7. The Morgan fingerprint density at radius 2 is 1.52 bits per heavy atom. The maximum Gasteiger partial charge on any atom is 0.293 e. The number of amides is 2. The largest absolute Gasteiger partial charge is 0.454 e. The van der Waals surface area contributed by atoms with Crippen molar-refractivity contribution >= 4 is 45.1 Å². The lowest BCUT2D eigenvalue weighted by Gasteiger charge is -2.07. The van der Waals surface area contributed by atoms with Crippen LogP contribution in [-0.2, 0) is 0 Å². The van der Waals surface area contributed by atoms with Gasteiger partial charge < -0.3 is 28.9 Å². The number of fused-ring (bicyclic) bond motifs is 3. The SMILES string of the molecule is O=C(Nc1c(C(=O)Nc2ccc3c(c2)OCO3)oc2ccccc12)c1cc2ccccc2o1. The minimum Gasteiger partial charge on any atom is -0.454 e. The fraction of sp³-hybridized carbons (Fsp3) is 0.0400. The van der Waals surface area contributed by atoms with E-state index in [-0.39, 0.29) is 24.0 Å². The molecular formula is C25H16N2O6. The second-order valence-electron chi connectivity index (χ2n) is 7.43. The lowest BCUT2D eigenvalue weighted by atomic mass is 10.2. The molecule has 0 saturated heterocycles. The lowest BCUT2D eigenvalue weighted by molar-refractivity contribution is 0.0997. The highest BCUT2D eigenvalue weighted by Crippen LogP contribution is 2.36. The van der Waals surface area contributed by atoms with Gasteiger partial charge in [0, 0.05) is 22.5 Å². The first kappa shape index (κ1) is 19.0. The van der Waals surface area contributed by atoms with E-state index in [1.165, 1.54) is 0 Å². The Labute approximate surface area is 186 Å². The number of benzene rings is 3. The minimum atomic E-state index is -0.523. The Balaban J connectivity index is 1.34. The average Bonchev–Trinajstić information content (AvgIpc) is 3.55. The molecule has 2 N–H and O–H groups in total. The zero-order chi connectivity index (χ0) is 22.4. The maximum atomic E-state index is 13.1. The van der Waals surface area contributed by atoms with Crippen molar-refractivity contribution in [3.63, 3.8) is 0 Å². The lowest BCUT2D eigenvalue weighted by Crippen LogP contribution is -2.16. The van der Waals surface area contributed by atoms with Gasteiger partial charge in [-0.25, -0.2) is 0 Å². The molecule has 3 aromatic carbocycles. The molecule has 0 aliphatic carbocycles. The molecule has 0 atom stereocenters. The molecule has 0 spiro atoms. The molecule has 0 bridgehead atoms. The first-order chi connectivity index (χ1) is 16.2. The quantitative estimate of drug-likeness (QED) is 0.387. The highest BCUT2D eigenvalue weighted by Gasteiger charge is 2.24. The number of anilines is 2. The molecule has 33 heavy (non-hydrogen) atoms. The van der Waals surface area contributed by atoms with Crippen molar-refractivity contribution in [1.29, 1.82) is 0 Å². The van der Waals surface area contributed by atoms with Gasteiger partial charge in [0.25, 0.3) is 11.8 Å². The summed E-state index contributed by atoms with van der Waals surface area (Å²) in [6, 6.07) is 21.1. The van der Waals surface area contributed by atoms with Crippen LogP contribution in [0.1, 0.15) is 21.1 Å². The van der Waals surface area contributed by atoms with Crippen molar-refractivity contribution in [3.8, 4) is 11.5 Å². The summed E-state index contributed by atoms with van der Waals surface area (Å²) in [6.45, 7) is 0.133. The van der Waals surface area contributed by atoms with Crippen LogP contribution < -0.4 is 20.1 Å². The van der Waals surface area contributed by atoms with Crippen LogP contribution in [0.2, 0.25) is 0 Å². The predicted molar refractivity (Wildman–Crippen MR) is 121 cm³/mol. The molecule has 0 fully saturated rings. The maximum absolute atomic E-state index is 13.1. The van der Waals surface area contributed by atoms with Crippen LogP contribution in [0.5, 0.6) is 11.5 Å². The van der Waals surface area contributed by atoms with Gasteiger partial charge >= 0.3 is 0 Å². The Morgan fingerprint density at radius 1 is 0.727 bits per heavy atom. The van der Waals surface area contributed by atoms with Gasteiger partial charge in [-0.15, -0.1) is 0 Å². The third-order valence-electron chi connectivity index (χ3n) is 5.32. The van der Waals surface area contributed by atoms with Gasteiger partial charge in [-0.05, 0) is 36.4 Å². The van der Waals surface area contributed by atoms with Crippen molar-refractivity contribution in [2.24, 2.45) is 0 Å². The van der Waals surface area contributed by atoms with Crippen LogP contribution in [0, 0.1) is 0 Å². The Bertz CT molecular complexity index is 1510. The van der Waals surface area contributed by atoms with Gasteiger partial charge in [-0.2, -0.15) is 0 Å². The summed E-state index contributed by atoms with van der Waals surface area (Å²) < 4.78 is 22.1. The van der Waals surface area contributed by atoms with Crippen LogP contribution in [0.15, 0.2) is 81.6 Å². The molecule has 0 radical (unpaired) electrons. The number of carbonyl (C=O) groups is 2. The van der Waals surface area contributed by atoms with Crippen LogP contribution >= 0.6 is 0 Å². The summed E-state index contributed by atoms with van der Waals surface area (Å²) in [5.41, 5.74) is 1.82. The van der Waals surface area contributed by atoms with Crippen molar-refractivity contribution in [2.45, 2.75) is 0 Å². The number of hydrogen-bond acceptors (Lipinski definition) is 6. The number of carbonyl (C=O) groups excluding carboxylic acids is 2. The standard InChI is InChI=1S/C25H16N2O6/c28-24(21-11-14-5-1-3-7-17(14)32-21)27-22-16-6-2-4-8-18(16)33-23(22)25(29)26-15-9-10-19-20(12-15)31-13-30-19/h1-12H,13H2,(H,26,29)(H,27,28). The second kappa shape index (κ2) is 7.45. The normalized spacial score (nSPS) is 12.2. The number of hydrogen-bond donors (Lipinski definition) is 2. The van der Waals surface area contributed by atoms with Crippen molar-refractivity contribution in [3.05, 3.63) is 84.3 Å². The monoisotopic (exact) mass is 440 g/mol. The third kappa shape index (κ3) is 3.34. The molecule has 8 nitrogen and oxygen atoms in total. The fourth-order valence-corrected chi connectivity index (χ4v) is 3.76. The summed E-state index contributed by atoms with van der Waals surface area (Å²) in [5.74, 6) is 0.230. The highest BCUT2D eigenvalue weighted by molar-refractivity contribution is 6.16. The fourth-order valence-electron chi connectivity index (χ4n) is 3.76. The van der Waals surface area contributed by atoms with Gasteiger partial charge in [0.15, 0.2) is 17.3 Å². The summed E-state index contributed by atoms with van der Waals surface area (Å²) in [5, 5.41) is 6.97. The summed E-state index contributed by atoms with van der Waals surface area (Å²) in [7, 11) is 0. The molecular weight excluding hydrogens is 424 g/mol. The van der Waals surface area contributed by atoms with Crippen LogP contribution in [0.25, 0.3) is 21.9 Å². The van der Waals surface area contributed by atoms with Gasteiger partial charge in [0.2, 0.25) is 12.6 Å². The van der Waals surface area contributed by atoms with Gasteiger partial charge in [0.05, 0.1) is 0 Å². The number of para-hydroxylation sites is 2. The van der Waals surface area contributed by atoms with E-state index in [0.717, 1.165) is 5.39 Å². The molecule has 3 heterocycles. The predicted octanol–water partition coefficient (Wildman–Crippen LogP) is 5.41. The molecule has 0 unspecified atom stereocenters. The smallest absolute Gasteiger partial charge is 0.293 e. The zero-order valence-corrected chi connectivity index (χ0v) is 17.1. The first-order valence-corrected chi connectivity index (χ1v) is 10.2. The van der Waals surface area contributed by atoms with E-state index in [2.05, 4.69) is 10.6 Å². The molecule has 5 aromatic rings. The van der Waals surface area contributed by atoms with Crippen molar-refractivity contribution in [2.75, 3.05) is 17.4 Å². The molecule has 6 rings (SSSR count). The molecule has 1 aliphatic rings. The molecule has 8 heteroatoms. The minimum absolute atomic E-state index is 0.0293. The van der Waals surface area contributed by atoms with Crippen LogP contribution in [0.4, 0.5) is 11.4 Å². The van der Waals surface area contributed by atoms with E-state index >= 15 is 0 Å². The number of furan rings is 2. The molecule has 2 amide bonds. The van der Waals surface area contributed by atoms with Crippen molar-refractivity contribution in [1.82, 2.24) is 0 Å². The van der Waals surface area contributed by atoms with Crippen molar-refractivity contribution < 1.29 is 27.9 Å².